The molecule has 0 saturated heterocycles. The first-order valence-corrected chi connectivity index (χ1v) is 8.50. The van der Waals surface area contributed by atoms with Gasteiger partial charge in [-0.15, -0.1) is 0 Å². The minimum absolute atomic E-state index is 0.249. The van der Waals surface area contributed by atoms with Crippen LogP contribution in [0.4, 0.5) is 4.79 Å². The lowest BCUT2D eigenvalue weighted by Crippen LogP contribution is -2.26. The summed E-state index contributed by atoms with van der Waals surface area (Å²) in [6.07, 6.45) is 2.10. The number of esters is 1. The number of aryl methyl sites for hydroxylation is 1. The van der Waals surface area contributed by atoms with Crippen LogP contribution in [0.3, 0.4) is 0 Å². The monoisotopic (exact) mass is 345 g/mol. The van der Waals surface area contributed by atoms with Crippen molar-refractivity contribution >= 4 is 23.0 Å². The van der Waals surface area contributed by atoms with Gasteiger partial charge in [-0.1, -0.05) is 18.2 Å². The Morgan fingerprint density at radius 3 is 2.16 bits per heavy atom. The maximum atomic E-state index is 12.5. The summed E-state index contributed by atoms with van der Waals surface area (Å²) in [5.74, 6) is -0.249. The average molecular weight is 345 g/mol. The Kier molecular flexibility index (Phi) is 5.26. The molecule has 136 valence electrons. The first-order chi connectivity index (χ1) is 11.5. The number of benzene rings is 1. The van der Waals surface area contributed by atoms with Gasteiger partial charge in [0.2, 0.25) is 0 Å². The molecule has 0 amide bonds. The third-order valence-corrected chi connectivity index (χ3v) is 3.40. The smallest absolute Gasteiger partial charge is 0.419 e. The lowest BCUT2D eigenvalue weighted by molar-refractivity contribution is -0.154. The highest BCUT2D eigenvalue weighted by molar-refractivity contribution is 5.92. The Morgan fingerprint density at radius 2 is 1.56 bits per heavy atom. The van der Waals surface area contributed by atoms with Gasteiger partial charge >= 0.3 is 12.1 Å². The maximum Gasteiger partial charge on any atom is 0.419 e. The van der Waals surface area contributed by atoms with Crippen molar-refractivity contribution in [3.8, 4) is 0 Å². The zero-order chi connectivity index (χ0) is 18.8. The molecule has 0 N–H and O–H groups in total. The summed E-state index contributed by atoms with van der Waals surface area (Å²) < 4.78 is 12.3. The number of hydrogen-bond donors (Lipinski definition) is 0. The van der Waals surface area contributed by atoms with Crippen LogP contribution in [0.5, 0.6) is 0 Å². The number of para-hydroxylation sites is 1. The van der Waals surface area contributed by atoms with Gasteiger partial charge in [0, 0.05) is 18.0 Å². The van der Waals surface area contributed by atoms with E-state index in [9.17, 15) is 9.59 Å². The van der Waals surface area contributed by atoms with E-state index < -0.39 is 17.3 Å². The van der Waals surface area contributed by atoms with Crippen molar-refractivity contribution in [3.63, 3.8) is 0 Å². The van der Waals surface area contributed by atoms with Crippen LogP contribution in [0.25, 0.3) is 10.9 Å². The topological polar surface area (TPSA) is 57.5 Å². The van der Waals surface area contributed by atoms with E-state index in [1.807, 2.05) is 65.8 Å². The Balaban J connectivity index is 2.24. The van der Waals surface area contributed by atoms with E-state index in [0.717, 1.165) is 16.5 Å². The molecule has 0 atom stereocenters. The molecule has 0 aliphatic rings. The fraction of sp³-hybridized carbons (Fsp3) is 0.500. The molecule has 0 bridgehead atoms. The van der Waals surface area contributed by atoms with Crippen molar-refractivity contribution < 1.29 is 19.1 Å². The lowest BCUT2D eigenvalue weighted by atomic mass is 10.1. The standard InChI is InChI=1S/C20H27NO4/c1-19(2,3)24-17(22)12-11-14-13-21(18(23)25-20(4,5)6)16-10-8-7-9-15(14)16/h7-10,13H,11-12H2,1-6H3. The number of carbonyl (C=O) groups is 2. The fourth-order valence-electron chi connectivity index (χ4n) is 2.54. The van der Waals surface area contributed by atoms with Crippen molar-refractivity contribution in [1.82, 2.24) is 4.57 Å². The normalized spacial score (nSPS) is 12.2. The molecule has 0 saturated carbocycles. The van der Waals surface area contributed by atoms with Crippen LogP contribution in [-0.2, 0) is 20.7 Å². The summed E-state index contributed by atoms with van der Waals surface area (Å²) in [5, 5.41) is 0.942. The Morgan fingerprint density at radius 1 is 0.960 bits per heavy atom. The zero-order valence-electron chi connectivity index (χ0n) is 15.9. The zero-order valence-corrected chi connectivity index (χ0v) is 15.9. The first-order valence-electron chi connectivity index (χ1n) is 8.50. The average Bonchev–Trinajstić information content (AvgIpc) is 2.80. The molecule has 2 rings (SSSR count). The van der Waals surface area contributed by atoms with Gasteiger partial charge in [-0.3, -0.25) is 9.36 Å². The predicted molar refractivity (Wildman–Crippen MR) is 97.7 cm³/mol. The summed E-state index contributed by atoms with van der Waals surface area (Å²) in [7, 11) is 0. The molecule has 1 heterocycles. The molecular weight excluding hydrogens is 318 g/mol. The molecule has 1 aromatic carbocycles. The second kappa shape index (κ2) is 6.90. The molecule has 0 fully saturated rings. The van der Waals surface area contributed by atoms with Crippen molar-refractivity contribution in [3.05, 3.63) is 36.0 Å². The van der Waals surface area contributed by atoms with Crippen LogP contribution in [0.15, 0.2) is 30.5 Å². The fourth-order valence-corrected chi connectivity index (χ4v) is 2.54. The van der Waals surface area contributed by atoms with Gasteiger partial charge in [0.15, 0.2) is 0 Å². The second-order valence-electron chi connectivity index (χ2n) is 8.11. The van der Waals surface area contributed by atoms with Gasteiger partial charge in [0.05, 0.1) is 5.52 Å². The quantitative estimate of drug-likeness (QED) is 0.757. The van der Waals surface area contributed by atoms with E-state index in [1.165, 1.54) is 4.57 Å². The molecule has 2 aromatic rings. The third-order valence-electron chi connectivity index (χ3n) is 3.40. The largest absolute Gasteiger partial charge is 0.460 e. The van der Waals surface area contributed by atoms with Crippen molar-refractivity contribution in [1.29, 1.82) is 0 Å². The van der Waals surface area contributed by atoms with Gasteiger partial charge in [0.1, 0.15) is 11.2 Å². The molecule has 0 unspecified atom stereocenters. The summed E-state index contributed by atoms with van der Waals surface area (Å²) in [5.41, 5.74) is 0.629. The number of aromatic nitrogens is 1. The van der Waals surface area contributed by atoms with E-state index in [-0.39, 0.29) is 12.4 Å². The molecule has 0 aliphatic heterocycles. The molecule has 5 nitrogen and oxygen atoms in total. The van der Waals surface area contributed by atoms with Gasteiger partial charge < -0.3 is 9.47 Å². The molecule has 25 heavy (non-hydrogen) atoms. The van der Waals surface area contributed by atoms with Crippen LogP contribution in [0.2, 0.25) is 0 Å². The van der Waals surface area contributed by atoms with Crippen LogP contribution < -0.4 is 0 Å². The van der Waals surface area contributed by atoms with Crippen LogP contribution in [0.1, 0.15) is 53.5 Å². The Hall–Kier alpha value is -2.30. The van der Waals surface area contributed by atoms with E-state index in [1.54, 1.807) is 6.20 Å². The minimum atomic E-state index is -0.570. The van der Waals surface area contributed by atoms with Crippen molar-refractivity contribution in [2.24, 2.45) is 0 Å². The van der Waals surface area contributed by atoms with Crippen LogP contribution >= 0.6 is 0 Å². The Labute approximate surface area is 148 Å². The van der Waals surface area contributed by atoms with Gasteiger partial charge in [-0.25, -0.2) is 4.79 Å². The van der Waals surface area contributed by atoms with E-state index in [4.69, 9.17) is 9.47 Å². The molecular formula is C20H27NO4. The molecule has 0 aliphatic carbocycles. The van der Waals surface area contributed by atoms with Crippen molar-refractivity contribution in [2.75, 3.05) is 0 Å². The lowest BCUT2D eigenvalue weighted by Gasteiger charge is -2.19. The number of rotatable bonds is 3. The summed E-state index contributed by atoms with van der Waals surface area (Å²) >= 11 is 0. The van der Waals surface area contributed by atoms with Crippen LogP contribution in [0, 0.1) is 0 Å². The summed E-state index contributed by atoms with van der Waals surface area (Å²) in [6.45, 7) is 11.0. The van der Waals surface area contributed by atoms with Gasteiger partial charge in [-0.05, 0) is 59.6 Å². The highest BCUT2D eigenvalue weighted by atomic mass is 16.6. The van der Waals surface area contributed by atoms with E-state index in [0.29, 0.717) is 6.42 Å². The Bertz CT molecular complexity index is 775. The molecule has 5 heteroatoms. The third kappa shape index (κ3) is 5.34. The van der Waals surface area contributed by atoms with Gasteiger partial charge in [0.25, 0.3) is 0 Å². The first kappa shape index (κ1) is 19.0. The number of hydrogen-bond acceptors (Lipinski definition) is 4. The maximum absolute atomic E-state index is 12.5. The number of nitrogens with zero attached hydrogens (tertiary/aromatic N) is 1. The highest BCUT2D eigenvalue weighted by Crippen LogP contribution is 2.24. The number of carbonyl (C=O) groups excluding carboxylic acids is 2. The van der Waals surface area contributed by atoms with Crippen LogP contribution in [-0.4, -0.2) is 27.8 Å². The highest BCUT2D eigenvalue weighted by Gasteiger charge is 2.21. The predicted octanol–water partition coefficient (Wildman–Crippen LogP) is 4.70. The second-order valence-corrected chi connectivity index (χ2v) is 8.11. The van der Waals surface area contributed by atoms with E-state index >= 15 is 0 Å². The SMILES string of the molecule is CC(C)(C)OC(=O)CCc1cn(C(=O)OC(C)(C)C)c2ccccc12. The number of ether oxygens (including phenoxy) is 2. The summed E-state index contributed by atoms with van der Waals surface area (Å²) in [6, 6.07) is 7.61. The molecule has 1 aromatic heterocycles. The summed E-state index contributed by atoms with van der Waals surface area (Å²) in [4.78, 5) is 24.4. The van der Waals surface area contributed by atoms with E-state index in [2.05, 4.69) is 0 Å². The molecule has 0 radical (unpaired) electrons. The van der Waals surface area contributed by atoms with Gasteiger partial charge in [-0.2, -0.15) is 0 Å². The minimum Gasteiger partial charge on any atom is -0.460 e. The number of fused-ring (bicyclic) bond motifs is 1. The molecule has 0 spiro atoms. The van der Waals surface area contributed by atoms with Crippen molar-refractivity contribution in [2.45, 2.75) is 65.6 Å².